The predicted molar refractivity (Wildman–Crippen MR) is 111 cm³/mol. The number of fused-ring (bicyclic) bond motifs is 1. The summed E-state index contributed by atoms with van der Waals surface area (Å²) in [5.74, 6) is -0.516. The average Bonchev–Trinajstić information content (AvgIpc) is 3.07. The molecule has 0 unspecified atom stereocenters. The molecule has 1 aliphatic heterocycles. The number of rotatable bonds is 6. The predicted octanol–water partition coefficient (Wildman–Crippen LogP) is 4.22. The smallest absolute Gasteiger partial charge is 0.353 e. The molecule has 4 rings (SSSR count). The number of aliphatic hydroxyl groups excluding tert-OH is 1. The number of carbonyl (C=O) groups is 1. The molecule has 1 aliphatic rings. The van der Waals surface area contributed by atoms with Crippen molar-refractivity contribution in [3.05, 3.63) is 59.8 Å². The van der Waals surface area contributed by atoms with Crippen LogP contribution in [0.4, 0.5) is 0 Å². The monoisotopic (exact) mass is 396 g/mol. The molecule has 0 amide bonds. The Kier molecular flexibility index (Phi) is 5.71. The number of nitrogens with zero attached hydrogens (tertiary/aromatic N) is 1. The van der Waals surface area contributed by atoms with E-state index in [2.05, 4.69) is 22.0 Å². The molecular weight excluding hydrogens is 372 g/mol. The Morgan fingerprint density at radius 1 is 1.14 bits per heavy atom. The van der Waals surface area contributed by atoms with Crippen LogP contribution < -0.4 is 0 Å². The number of aromatic amines is 1. The number of carboxylic acids is 1. The van der Waals surface area contributed by atoms with E-state index in [0.717, 1.165) is 53.2 Å². The lowest BCUT2D eigenvalue weighted by molar-refractivity contribution is 0.0687. The molecular formula is C22H24N2O3S. The zero-order valence-corrected chi connectivity index (χ0v) is 16.4. The highest BCUT2D eigenvalue weighted by Crippen LogP contribution is 2.37. The van der Waals surface area contributed by atoms with Gasteiger partial charge in [-0.1, -0.05) is 36.0 Å². The van der Waals surface area contributed by atoms with Gasteiger partial charge in [0.15, 0.2) is 0 Å². The summed E-state index contributed by atoms with van der Waals surface area (Å²) >= 11 is 1.48. The van der Waals surface area contributed by atoms with Crippen LogP contribution in [0.2, 0.25) is 0 Å². The lowest BCUT2D eigenvalue weighted by atomic mass is 9.97. The second-order valence-corrected chi connectivity index (χ2v) is 8.42. The summed E-state index contributed by atoms with van der Waals surface area (Å²) in [6.07, 6.45) is 2.06. The fourth-order valence-electron chi connectivity index (χ4n) is 3.76. The van der Waals surface area contributed by atoms with Crippen LogP contribution in [0.25, 0.3) is 10.9 Å². The Morgan fingerprint density at radius 2 is 1.89 bits per heavy atom. The number of nitrogens with one attached hydrogen (secondary N) is 1. The standard InChI is InChI=1S/C22H24N2O3S/c25-14-15-8-10-24(11-9-15)13-16-6-7-19-18(12-16)21(20(23-19)22(26)27)28-17-4-2-1-3-5-17/h1-7,12,15,23,25H,8-11,13-14H2,(H,26,27). The van der Waals surface area contributed by atoms with Crippen molar-refractivity contribution in [1.82, 2.24) is 9.88 Å². The van der Waals surface area contributed by atoms with Gasteiger partial charge in [-0.3, -0.25) is 4.90 Å². The minimum atomic E-state index is -0.942. The Balaban J connectivity index is 1.62. The van der Waals surface area contributed by atoms with Gasteiger partial charge >= 0.3 is 5.97 Å². The molecule has 2 aromatic carbocycles. The molecule has 1 fully saturated rings. The van der Waals surface area contributed by atoms with Gasteiger partial charge in [-0.25, -0.2) is 4.79 Å². The van der Waals surface area contributed by atoms with Crippen molar-refractivity contribution in [1.29, 1.82) is 0 Å². The number of aromatic carboxylic acids is 1. The Morgan fingerprint density at radius 3 is 2.57 bits per heavy atom. The average molecular weight is 397 g/mol. The Hall–Kier alpha value is -2.28. The van der Waals surface area contributed by atoms with Crippen molar-refractivity contribution >= 4 is 28.6 Å². The molecule has 2 heterocycles. The highest BCUT2D eigenvalue weighted by Gasteiger charge is 2.21. The summed E-state index contributed by atoms with van der Waals surface area (Å²) in [7, 11) is 0. The molecule has 0 radical (unpaired) electrons. The molecule has 5 nitrogen and oxygen atoms in total. The fraction of sp³-hybridized carbons (Fsp3) is 0.318. The number of piperidine rings is 1. The lowest BCUT2D eigenvalue weighted by Crippen LogP contribution is -2.34. The van der Waals surface area contributed by atoms with Crippen molar-refractivity contribution in [2.24, 2.45) is 5.92 Å². The SMILES string of the molecule is O=C(O)c1[nH]c2ccc(CN3CCC(CO)CC3)cc2c1Sc1ccccc1. The first kappa shape index (κ1) is 19.1. The Bertz CT molecular complexity index is 963. The molecule has 3 N–H and O–H groups in total. The number of likely N-dealkylation sites (tertiary alicyclic amines) is 1. The van der Waals surface area contributed by atoms with E-state index >= 15 is 0 Å². The van der Waals surface area contributed by atoms with E-state index in [9.17, 15) is 15.0 Å². The summed E-state index contributed by atoms with van der Waals surface area (Å²) in [5.41, 5.74) is 2.27. The molecule has 0 bridgehead atoms. The highest BCUT2D eigenvalue weighted by molar-refractivity contribution is 7.99. The van der Waals surface area contributed by atoms with Gasteiger partial charge in [-0.2, -0.15) is 0 Å². The van der Waals surface area contributed by atoms with Gasteiger partial charge in [0.25, 0.3) is 0 Å². The summed E-state index contributed by atoms with van der Waals surface area (Å²) in [4.78, 5) is 19.0. The first-order valence-electron chi connectivity index (χ1n) is 9.58. The maximum atomic E-state index is 11.8. The van der Waals surface area contributed by atoms with Gasteiger partial charge < -0.3 is 15.2 Å². The zero-order chi connectivity index (χ0) is 19.5. The van der Waals surface area contributed by atoms with E-state index in [0.29, 0.717) is 5.92 Å². The molecule has 28 heavy (non-hydrogen) atoms. The third-order valence-corrected chi connectivity index (χ3v) is 6.50. The van der Waals surface area contributed by atoms with Gasteiger partial charge in [0.2, 0.25) is 0 Å². The molecule has 6 heteroatoms. The molecule has 0 saturated carbocycles. The number of H-pyrrole nitrogens is 1. The van der Waals surface area contributed by atoms with Crippen molar-refractivity contribution in [3.63, 3.8) is 0 Å². The third kappa shape index (κ3) is 4.09. The van der Waals surface area contributed by atoms with Crippen LogP contribution in [0.1, 0.15) is 28.9 Å². The van der Waals surface area contributed by atoms with E-state index in [1.54, 1.807) is 0 Å². The first-order valence-corrected chi connectivity index (χ1v) is 10.4. The third-order valence-electron chi connectivity index (χ3n) is 5.36. The van der Waals surface area contributed by atoms with Gasteiger partial charge in [0.05, 0.1) is 4.90 Å². The topological polar surface area (TPSA) is 76.6 Å². The number of aliphatic hydroxyl groups is 1. The van der Waals surface area contributed by atoms with Crippen LogP contribution in [0.3, 0.4) is 0 Å². The van der Waals surface area contributed by atoms with Crippen LogP contribution in [-0.4, -0.2) is 45.8 Å². The molecule has 3 aromatic rings. The van der Waals surface area contributed by atoms with Crippen molar-refractivity contribution in [2.75, 3.05) is 19.7 Å². The van der Waals surface area contributed by atoms with Crippen molar-refractivity contribution < 1.29 is 15.0 Å². The van der Waals surface area contributed by atoms with Crippen LogP contribution >= 0.6 is 11.8 Å². The summed E-state index contributed by atoms with van der Waals surface area (Å²) in [6.45, 7) is 3.10. The molecule has 0 atom stereocenters. The molecule has 1 aromatic heterocycles. The normalized spacial score (nSPS) is 15.9. The molecule has 1 saturated heterocycles. The summed E-state index contributed by atoms with van der Waals surface area (Å²) < 4.78 is 0. The van der Waals surface area contributed by atoms with E-state index in [1.807, 2.05) is 36.4 Å². The van der Waals surface area contributed by atoms with Gasteiger partial charge in [-0.05, 0) is 61.7 Å². The number of carboxylic acid groups (broad SMARTS) is 1. The molecule has 0 aliphatic carbocycles. The number of benzene rings is 2. The van der Waals surface area contributed by atoms with Gasteiger partial charge in [0.1, 0.15) is 5.69 Å². The van der Waals surface area contributed by atoms with E-state index < -0.39 is 5.97 Å². The minimum absolute atomic E-state index is 0.241. The minimum Gasteiger partial charge on any atom is -0.477 e. The number of hydrogen-bond acceptors (Lipinski definition) is 4. The zero-order valence-electron chi connectivity index (χ0n) is 15.6. The summed E-state index contributed by atoms with van der Waals surface area (Å²) in [5, 5.41) is 19.9. The second kappa shape index (κ2) is 8.39. The van der Waals surface area contributed by atoms with Gasteiger partial charge in [-0.15, -0.1) is 0 Å². The first-order chi connectivity index (χ1) is 13.6. The van der Waals surface area contributed by atoms with Gasteiger partial charge in [0, 0.05) is 29.0 Å². The largest absolute Gasteiger partial charge is 0.477 e. The van der Waals surface area contributed by atoms with Crippen LogP contribution in [-0.2, 0) is 6.54 Å². The van der Waals surface area contributed by atoms with Crippen molar-refractivity contribution in [2.45, 2.75) is 29.2 Å². The Labute approximate surface area is 168 Å². The number of hydrogen-bond donors (Lipinski definition) is 3. The quantitative estimate of drug-likeness (QED) is 0.582. The molecule has 146 valence electrons. The maximum Gasteiger partial charge on any atom is 0.353 e. The number of aromatic nitrogens is 1. The van der Waals surface area contributed by atoms with E-state index in [-0.39, 0.29) is 12.3 Å². The maximum absolute atomic E-state index is 11.8. The van der Waals surface area contributed by atoms with E-state index in [4.69, 9.17) is 0 Å². The van der Waals surface area contributed by atoms with Crippen LogP contribution in [0.5, 0.6) is 0 Å². The summed E-state index contributed by atoms with van der Waals surface area (Å²) in [6, 6.07) is 16.0. The molecule has 0 spiro atoms. The highest BCUT2D eigenvalue weighted by atomic mass is 32.2. The second-order valence-electron chi connectivity index (χ2n) is 7.33. The lowest BCUT2D eigenvalue weighted by Gasteiger charge is -2.31. The van der Waals surface area contributed by atoms with Crippen LogP contribution in [0.15, 0.2) is 58.3 Å². The van der Waals surface area contributed by atoms with E-state index in [1.165, 1.54) is 17.3 Å². The van der Waals surface area contributed by atoms with Crippen LogP contribution in [0, 0.1) is 5.92 Å². The fourth-order valence-corrected chi connectivity index (χ4v) is 4.81. The van der Waals surface area contributed by atoms with Crippen molar-refractivity contribution in [3.8, 4) is 0 Å².